The minimum Gasteiger partial charge on any atom is -0.393 e. The van der Waals surface area contributed by atoms with Crippen molar-refractivity contribution in [1.29, 1.82) is 0 Å². The maximum Gasteiger partial charge on any atom is 0.0946 e. The van der Waals surface area contributed by atoms with Gasteiger partial charge in [-0.1, -0.05) is 52.9 Å². The van der Waals surface area contributed by atoms with Gasteiger partial charge in [-0.25, -0.2) is 0 Å². The Morgan fingerprint density at radius 2 is 1.29 bits per heavy atom. The molecule has 0 radical (unpaired) electrons. The van der Waals surface area contributed by atoms with Gasteiger partial charge in [-0.15, -0.1) is 0 Å². The Morgan fingerprint density at radius 1 is 0.679 bits per heavy atom. The van der Waals surface area contributed by atoms with Crippen LogP contribution in [0.3, 0.4) is 0 Å². The summed E-state index contributed by atoms with van der Waals surface area (Å²) in [7, 11) is 0. The average molecular weight is 406 g/mol. The lowest BCUT2D eigenvalue weighted by atomic mass is 9.88. The smallest absolute Gasteiger partial charge is 0.0946 e. The van der Waals surface area contributed by atoms with E-state index in [1.54, 1.807) is 6.92 Å². The second-order valence-corrected chi connectivity index (χ2v) is 8.96. The first-order valence-electron chi connectivity index (χ1n) is 11.3. The van der Waals surface area contributed by atoms with Crippen LogP contribution in [0.1, 0.15) is 91.9 Å². The zero-order valence-corrected chi connectivity index (χ0v) is 18.5. The van der Waals surface area contributed by atoms with Gasteiger partial charge in [0.15, 0.2) is 0 Å². The molecule has 7 N–H and O–H groups in total. The van der Waals surface area contributed by atoms with Crippen LogP contribution < -0.4 is 5.73 Å². The van der Waals surface area contributed by atoms with Gasteiger partial charge in [0.1, 0.15) is 0 Å². The molecule has 0 spiro atoms. The largest absolute Gasteiger partial charge is 0.393 e. The van der Waals surface area contributed by atoms with E-state index in [4.69, 9.17) is 5.73 Å². The zero-order valence-electron chi connectivity index (χ0n) is 18.5. The summed E-state index contributed by atoms with van der Waals surface area (Å²) >= 11 is 0. The standard InChI is InChI=1S/C22H47NO5/c1-5-6-10-16(3)21(27)20(26)14-15(2)13-18(24)11-8-7-9-12-19(25)22(28)17(4)23/h15-22,24-28H,5-14,23H2,1-4H3. The summed E-state index contributed by atoms with van der Waals surface area (Å²) in [6.45, 7) is 7.77. The number of hydrogen-bond donors (Lipinski definition) is 6. The van der Waals surface area contributed by atoms with Crippen LogP contribution in [-0.4, -0.2) is 62.1 Å². The molecule has 0 aliphatic carbocycles. The molecule has 8 unspecified atom stereocenters. The predicted octanol–water partition coefficient (Wildman–Crippen LogP) is 2.33. The molecule has 0 aliphatic rings. The summed E-state index contributed by atoms with van der Waals surface area (Å²) < 4.78 is 0. The Bertz CT molecular complexity index is 369. The van der Waals surface area contributed by atoms with Gasteiger partial charge in [0.25, 0.3) is 0 Å². The van der Waals surface area contributed by atoms with Gasteiger partial charge >= 0.3 is 0 Å². The number of rotatable bonds is 17. The van der Waals surface area contributed by atoms with Crippen LogP contribution >= 0.6 is 0 Å². The van der Waals surface area contributed by atoms with Crippen LogP contribution in [0.15, 0.2) is 0 Å². The van der Waals surface area contributed by atoms with Crippen molar-refractivity contribution >= 4 is 0 Å². The molecule has 0 bridgehead atoms. The average Bonchev–Trinajstić information content (AvgIpc) is 2.63. The summed E-state index contributed by atoms with van der Waals surface area (Å²) in [6, 6.07) is -0.443. The summed E-state index contributed by atoms with van der Waals surface area (Å²) in [5.74, 6) is 0.226. The fraction of sp³-hybridized carbons (Fsp3) is 1.00. The molecule has 0 aliphatic heterocycles. The molecule has 6 nitrogen and oxygen atoms in total. The molecule has 0 saturated carbocycles. The molecule has 6 heteroatoms. The summed E-state index contributed by atoms with van der Waals surface area (Å²) in [4.78, 5) is 0. The molecule has 0 aromatic carbocycles. The molecule has 0 fully saturated rings. The Kier molecular flexibility index (Phi) is 15.4. The lowest BCUT2D eigenvalue weighted by molar-refractivity contribution is -0.0288. The van der Waals surface area contributed by atoms with E-state index in [0.29, 0.717) is 25.7 Å². The summed E-state index contributed by atoms with van der Waals surface area (Å²) in [5.41, 5.74) is 5.57. The van der Waals surface area contributed by atoms with Crippen LogP contribution in [-0.2, 0) is 0 Å². The topological polar surface area (TPSA) is 127 Å². The maximum atomic E-state index is 10.3. The molecule has 170 valence electrons. The highest BCUT2D eigenvalue weighted by Crippen LogP contribution is 2.22. The van der Waals surface area contributed by atoms with Gasteiger partial charge in [0.05, 0.1) is 30.5 Å². The third kappa shape index (κ3) is 12.3. The van der Waals surface area contributed by atoms with Crippen LogP contribution in [0, 0.1) is 11.8 Å². The zero-order chi connectivity index (χ0) is 21.7. The van der Waals surface area contributed by atoms with Gasteiger partial charge < -0.3 is 31.3 Å². The lowest BCUT2D eigenvalue weighted by Gasteiger charge is -2.26. The third-order valence-electron chi connectivity index (χ3n) is 5.78. The van der Waals surface area contributed by atoms with Gasteiger partial charge in [0.2, 0.25) is 0 Å². The molecule has 0 rings (SSSR count). The first kappa shape index (κ1) is 27.8. The Labute approximate surface area is 172 Å². The van der Waals surface area contributed by atoms with Crippen LogP contribution in [0.25, 0.3) is 0 Å². The second kappa shape index (κ2) is 15.6. The van der Waals surface area contributed by atoms with Gasteiger partial charge in [-0.05, 0) is 50.9 Å². The Hall–Kier alpha value is -0.240. The van der Waals surface area contributed by atoms with E-state index in [0.717, 1.165) is 38.5 Å². The maximum absolute atomic E-state index is 10.3. The molecule has 0 heterocycles. The second-order valence-electron chi connectivity index (χ2n) is 8.96. The fourth-order valence-corrected chi connectivity index (χ4v) is 3.74. The molecule has 28 heavy (non-hydrogen) atoms. The van der Waals surface area contributed by atoms with E-state index in [1.807, 2.05) is 13.8 Å². The summed E-state index contributed by atoms with van der Waals surface area (Å²) in [5, 5.41) is 50.2. The van der Waals surface area contributed by atoms with E-state index in [2.05, 4.69) is 6.92 Å². The molecule has 8 atom stereocenters. The van der Waals surface area contributed by atoms with Crippen molar-refractivity contribution < 1.29 is 25.5 Å². The number of nitrogens with two attached hydrogens (primary N) is 1. The van der Waals surface area contributed by atoms with Crippen LogP contribution in [0.2, 0.25) is 0 Å². The SMILES string of the molecule is CCCCC(C)C(O)C(O)CC(C)CC(O)CCCCCC(O)C(O)C(C)N. The molecular formula is C22H47NO5. The number of aliphatic hydroxyl groups excluding tert-OH is 5. The first-order chi connectivity index (χ1) is 13.1. The number of hydrogen-bond acceptors (Lipinski definition) is 6. The van der Waals surface area contributed by atoms with Crippen molar-refractivity contribution in [3.63, 3.8) is 0 Å². The van der Waals surface area contributed by atoms with Gasteiger partial charge in [-0.2, -0.15) is 0 Å². The van der Waals surface area contributed by atoms with Crippen LogP contribution in [0.5, 0.6) is 0 Å². The van der Waals surface area contributed by atoms with E-state index in [9.17, 15) is 25.5 Å². The van der Waals surface area contributed by atoms with E-state index in [1.165, 1.54) is 0 Å². The predicted molar refractivity (Wildman–Crippen MR) is 114 cm³/mol. The van der Waals surface area contributed by atoms with E-state index >= 15 is 0 Å². The van der Waals surface area contributed by atoms with Crippen LogP contribution in [0.4, 0.5) is 0 Å². The molecule has 0 saturated heterocycles. The van der Waals surface area contributed by atoms with Gasteiger partial charge in [-0.3, -0.25) is 0 Å². The van der Waals surface area contributed by atoms with E-state index < -0.39 is 36.6 Å². The normalized spacial score (nSPS) is 20.8. The quantitative estimate of drug-likeness (QED) is 0.206. The highest BCUT2D eigenvalue weighted by Gasteiger charge is 2.25. The number of aliphatic hydroxyl groups is 5. The monoisotopic (exact) mass is 405 g/mol. The van der Waals surface area contributed by atoms with Crippen molar-refractivity contribution in [2.24, 2.45) is 17.6 Å². The lowest BCUT2D eigenvalue weighted by Crippen LogP contribution is -2.40. The van der Waals surface area contributed by atoms with E-state index in [-0.39, 0.29) is 11.8 Å². The molecule has 0 amide bonds. The van der Waals surface area contributed by atoms with Gasteiger partial charge in [0, 0.05) is 6.04 Å². The van der Waals surface area contributed by atoms with Crippen molar-refractivity contribution in [3.05, 3.63) is 0 Å². The fourth-order valence-electron chi connectivity index (χ4n) is 3.74. The molecular weight excluding hydrogens is 358 g/mol. The minimum atomic E-state index is -0.891. The minimum absolute atomic E-state index is 0.0863. The Morgan fingerprint density at radius 3 is 1.86 bits per heavy atom. The van der Waals surface area contributed by atoms with Crippen molar-refractivity contribution in [2.75, 3.05) is 0 Å². The molecule has 0 aromatic rings. The highest BCUT2D eigenvalue weighted by molar-refractivity contribution is 4.77. The third-order valence-corrected chi connectivity index (χ3v) is 5.78. The number of unbranched alkanes of at least 4 members (excludes halogenated alkanes) is 3. The summed E-state index contributed by atoms with van der Waals surface area (Å²) in [6.07, 6.45) is 4.32. The molecule has 0 aromatic heterocycles. The van der Waals surface area contributed by atoms with Crippen molar-refractivity contribution in [1.82, 2.24) is 0 Å². The Balaban J connectivity index is 3.95. The van der Waals surface area contributed by atoms with Crippen molar-refractivity contribution in [3.8, 4) is 0 Å². The first-order valence-corrected chi connectivity index (χ1v) is 11.3. The van der Waals surface area contributed by atoms with Crippen molar-refractivity contribution in [2.45, 2.75) is 128 Å². The highest BCUT2D eigenvalue weighted by atomic mass is 16.3.